The van der Waals surface area contributed by atoms with Gasteiger partial charge in [0.25, 0.3) is 0 Å². The van der Waals surface area contributed by atoms with Gasteiger partial charge in [-0.15, -0.1) is 11.8 Å². The Morgan fingerprint density at radius 1 is 1.50 bits per heavy atom. The highest BCUT2D eigenvalue weighted by Gasteiger charge is 2.08. The molecule has 16 heavy (non-hydrogen) atoms. The first-order valence-electron chi connectivity index (χ1n) is 5.08. The molecule has 0 saturated heterocycles. The van der Waals surface area contributed by atoms with Gasteiger partial charge in [0.05, 0.1) is 12.2 Å². The van der Waals surface area contributed by atoms with E-state index >= 15 is 0 Å². The fourth-order valence-corrected chi connectivity index (χ4v) is 1.29. The van der Waals surface area contributed by atoms with Gasteiger partial charge in [-0.1, -0.05) is 0 Å². The Kier molecular flexibility index (Phi) is 4.41. The summed E-state index contributed by atoms with van der Waals surface area (Å²) in [6, 6.07) is 5.06. The standard InChI is InChI=1S/C13H15NO2/c1-3-4-5-8-16-13-7-6-11(14)9-12(13)10(2)15/h6-7,9H,5,8,14H2,1-2H3. The summed E-state index contributed by atoms with van der Waals surface area (Å²) in [5.74, 6) is 6.19. The van der Waals surface area contributed by atoms with E-state index in [0.29, 0.717) is 30.0 Å². The van der Waals surface area contributed by atoms with Gasteiger partial charge in [-0.25, -0.2) is 0 Å². The third-order valence-corrected chi connectivity index (χ3v) is 2.04. The number of rotatable bonds is 4. The van der Waals surface area contributed by atoms with Crippen LogP contribution >= 0.6 is 0 Å². The molecule has 0 aliphatic rings. The van der Waals surface area contributed by atoms with Crippen LogP contribution in [0.3, 0.4) is 0 Å². The minimum Gasteiger partial charge on any atom is -0.492 e. The maximum atomic E-state index is 11.3. The number of nitrogens with two attached hydrogens (primary N) is 1. The van der Waals surface area contributed by atoms with Crippen molar-refractivity contribution in [1.29, 1.82) is 0 Å². The van der Waals surface area contributed by atoms with Gasteiger partial charge in [-0.05, 0) is 32.0 Å². The highest BCUT2D eigenvalue weighted by atomic mass is 16.5. The van der Waals surface area contributed by atoms with Crippen LogP contribution in [0.1, 0.15) is 30.6 Å². The zero-order chi connectivity index (χ0) is 12.0. The molecule has 1 rings (SSSR count). The average molecular weight is 217 g/mol. The van der Waals surface area contributed by atoms with E-state index < -0.39 is 0 Å². The maximum Gasteiger partial charge on any atom is 0.163 e. The molecule has 1 aromatic carbocycles. The summed E-state index contributed by atoms with van der Waals surface area (Å²) in [6.45, 7) is 3.75. The number of Topliss-reactive ketones (excluding diaryl/α,β-unsaturated/α-hetero) is 1. The van der Waals surface area contributed by atoms with Gasteiger partial charge in [0.2, 0.25) is 0 Å². The van der Waals surface area contributed by atoms with Crippen molar-refractivity contribution in [3.05, 3.63) is 23.8 Å². The van der Waals surface area contributed by atoms with Crippen LogP contribution in [0.4, 0.5) is 5.69 Å². The summed E-state index contributed by atoms with van der Waals surface area (Å²) in [5, 5.41) is 0. The number of hydrogen-bond acceptors (Lipinski definition) is 3. The largest absolute Gasteiger partial charge is 0.492 e. The van der Waals surface area contributed by atoms with Crippen LogP contribution in [0.15, 0.2) is 18.2 Å². The van der Waals surface area contributed by atoms with Crippen LogP contribution in [0.2, 0.25) is 0 Å². The molecule has 0 aromatic heterocycles. The van der Waals surface area contributed by atoms with Crippen molar-refractivity contribution in [2.75, 3.05) is 12.3 Å². The van der Waals surface area contributed by atoms with Gasteiger partial charge in [0, 0.05) is 12.1 Å². The molecule has 84 valence electrons. The van der Waals surface area contributed by atoms with Crippen molar-refractivity contribution in [3.63, 3.8) is 0 Å². The van der Waals surface area contributed by atoms with Gasteiger partial charge in [0.15, 0.2) is 5.78 Å². The first-order chi connectivity index (χ1) is 7.65. The summed E-state index contributed by atoms with van der Waals surface area (Å²) >= 11 is 0. The predicted molar refractivity (Wildman–Crippen MR) is 64.4 cm³/mol. The van der Waals surface area contributed by atoms with E-state index in [1.165, 1.54) is 6.92 Å². The molecule has 0 aliphatic heterocycles. The molecule has 0 spiro atoms. The van der Waals surface area contributed by atoms with E-state index in [4.69, 9.17) is 10.5 Å². The Labute approximate surface area is 95.6 Å². The quantitative estimate of drug-likeness (QED) is 0.364. The molecule has 2 N–H and O–H groups in total. The summed E-state index contributed by atoms with van der Waals surface area (Å²) in [5.41, 5.74) is 6.69. The molecule has 0 radical (unpaired) electrons. The Bertz CT molecular complexity index is 441. The normalized spacial score (nSPS) is 9.12. The Morgan fingerprint density at radius 3 is 2.88 bits per heavy atom. The number of anilines is 1. The van der Waals surface area contributed by atoms with Crippen LogP contribution in [0.25, 0.3) is 0 Å². The van der Waals surface area contributed by atoms with Crippen molar-refractivity contribution in [1.82, 2.24) is 0 Å². The van der Waals surface area contributed by atoms with Gasteiger partial charge >= 0.3 is 0 Å². The molecule has 0 aliphatic carbocycles. The number of ketones is 1. The lowest BCUT2D eigenvalue weighted by Crippen LogP contribution is -2.03. The topological polar surface area (TPSA) is 52.3 Å². The lowest BCUT2D eigenvalue weighted by Gasteiger charge is -2.08. The number of benzene rings is 1. The van der Waals surface area contributed by atoms with Gasteiger partial charge in [0.1, 0.15) is 5.75 Å². The van der Waals surface area contributed by atoms with Crippen molar-refractivity contribution in [2.45, 2.75) is 20.3 Å². The summed E-state index contributed by atoms with van der Waals surface area (Å²) in [4.78, 5) is 11.3. The van der Waals surface area contributed by atoms with E-state index in [9.17, 15) is 4.79 Å². The molecule has 0 atom stereocenters. The smallest absolute Gasteiger partial charge is 0.163 e. The van der Waals surface area contributed by atoms with Crippen LogP contribution in [0.5, 0.6) is 5.75 Å². The van der Waals surface area contributed by atoms with Crippen molar-refractivity contribution < 1.29 is 9.53 Å². The second-order valence-corrected chi connectivity index (χ2v) is 3.34. The van der Waals surface area contributed by atoms with Crippen LogP contribution in [0, 0.1) is 11.8 Å². The first-order valence-corrected chi connectivity index (χ1v) is 5.08. The molecule has 0 saturated carbocycles. The predicted octanol–water partition coefficient (Wildman–Crippen LogP) is 2.26. The minimum atomic E-state index is -0.0520. The van der Waals surface area contributed by atoms with Crippen LogP contribution in [-0.4, -0.2) is 12.4 Å². The van der Waals surface area contributed by atoms with E-state index in [0.717, 1.165) is 0 Å². The highest BCUT2D eigenvalue weighted by molar-refractivity contribution is 5.97. The lowest BCUT2D eigenvalue weighted by atomic mass is 10.1. The van der Waals surface area contributed by atoms with Gasteiger partial charge in [-0.2, -0.15) is 0 Å². The van der Waals surface area contributed by atoms with E-state index in [2.05, 4.69) is 11.8 Å². The monoisotopic (exact) mass is 217 g/mol. The average Bonchev–Trinajstić information content (AvgIpc) is 2.26. The fraction of sp³-hybridized carbons (Fsp3) is 0.308. The van der Waals surface area contributed by atoms with Crippen molar-refractivity contribution >= 4 is 11.5 Å². The molecule has 0 amide bonds. The molecule has 0 unspecified atom stereocenters. The Balaban J connectivity index is 2.77. The fourth-order valence-electron chi connectivity index (χ4n) is 1.29. The molecule has 3 nitrogen and oxygen atoms in total. The highest BCUT2D eigenvalue weighted by Crippen LogP contribution is 2.21. The second-order valence-electron chi connectivity index (χ2n) is 3.34. The molecular weight excluding hydrogens is 202 g/mol. The molecule has 0 fully saturated rings. The SMILES string of the molecule is CC#CCCOc1ccc(N)cc1C(C)=O. The minimum absolute atomic E-state index is 0.0520. The second kappa shape index (κ2) is 5.82. The molecule has 0 heterocycles. The molecule has 3 heteroatoms. The summed E-state index contributed by atoms with van der Waals surface area (Å²) < 4.78 is 5.48. The number of carbonyl (C=O) groups is 1. The molecule has 0 bridgehead atoms. The van der Waals surface area contributed by atoms with Crippen LogP contribution < -0.4 is 10.5 Å². The number of ether oxygens (including phenoxy) is 1. The zero-order valence-electron chi connectivity index (χ0n) is 9.54. The van der Waals surface area contributed by atoms with Crippen molar-refractivity contribution in [3.8, 4) is 17.6 Å². The zero-order valence-corrected chi connectivity index (χ0v) is 9.54. The molecule has 1 aromatic rings. The summed E-state index contributed by atoms with van der Waals surface area (Å²) in [7, 11) is 0. The van der Waals surface area contributed by atoms with Gasteiger partial charge in [-0.3, -0.25) is 4.79 Å². The third-order valence-electron chi connectivity index (χ3n) is 2.04. The third kappa shape index (κ3) is 3.32. The van der Waals surface area contributed by atoms with E-state index in [1.807, 2.05) is 0 Å². The Hall–Kier alpha value is -1.95. The van der Waals surface area contributed by atoms with Crippen molar-refractivity contribution in [2.24, 2.45) is 0 Å². The molecular formula is C13H15NO2. The first kappa shape index (κ1) is 12.1. The van der Waals surface area contributed by atoms with E-state index in [1.54, 1.807) is 25.1 Å². The maximum absolute atomic E-state index is 11.3. The number of nitrogen functional groups attached to an aromatic ring is 1. The summed E-state index contributed by atoms with van der Waals surface area (Å²) in [6.07, 6.45) is 0.651. The lowest BCUT2D eigenvalue weighted by molar-refractivity contribution is 0.101. The van der Waals surface area contributed by atoms with Gasteiger partial charge < -0.3 is 10.5 Å². The Morgan fingerprint density at radius 2 is 2.25 bits per heavy atom. The number of hydrogen-bond donors (Lipinski definition) is 1. The number of carbonyl (C=O) groups excluding carboxylic acids is 1. The van der Waals surface area contributed by atoms with E-state index in [-0.39, 0.29) is 5.78 Å². The van der Waals surface area contributed by atoms with Crippen LogP contribution in [-0.2, 0) is 0 Å².